The molecule has 0 bridgehead atoms. The van der Waals surface area contributed by atoms with Crippen molar-refractivity contribution in [3.8, 4) is 0 Å². The first-order chi connectivity index (χ1) is 14.6. The van der Waals surface area contributed by atoms with Crippen LogP contribution in [0.25, 0.3) is 0 Å². The predicted octanol–water partition coefficient (Wildman–Crippen LogP) is 4.29. The molecule has 4 heteroatoms. The maximum Gasteiger partial charge on any atom is 0.222 e. The van der Waals surface area contributed by atoms with E-state index < -0.39 is 0 Å². The molecule has 4 nitrogen and oxygen atoms in total. The van der Waals surface area contributed by atoms with Crippen LogP contribution in [-0.4, -0.2) is 42.9 Å². The van der Waals surface area contributed by atoms with Gasteiger partial charge in [0.05, 0.1) is 13.2 Å². The number of morpholine rings is 1. The van der Waals surface area contributed by atoms with Crippen molar-refractivity contribution in [2.75, 3.05) is 26.3 Å². The van der Waals surface area contributed by atoms with E-state index in [1.165, 1.54) is 24.0 Å². The summed E-state index contributed by atoms with van der Waals surface area (Å²) in [5.74, 6) is 2.74. The molecule has 3 aliphatic carbocycles. The van der Waals surface area contributed by atoms with Gasteiger partial charge in [-0.15, -0.1) is 0 Å². The molecule has 4 atom stereocenters. The molecule has 0 aromatic heterocycles. The lowest BCUT2D eigenvalue weighted by molar-refractivity contribution is -0.135. The van der Waals surface area contributed by atoms with E-state index in [2.05, 4.69) is 25.1 Å². The number of nitrogens with zero attached hydrogens (tertiary/aromatic N) is 1. The number of fused-ring (bicyclic) bond motifs is 5. The Hall–Kier alpha value is -1.68. The van der Waals surface area contributed by atoms with Gasteiger partial charge in [0.2, 0.25) is 5.91 Å². The van der Waals surface area contributed by atoms with Gasteiger partial charge < -0.3 is 9.64 Å². The third-order valence-corrected chi connectivity index (χ3v) is 8.72. The zero-order valence-corrected chi connectivity index (χ0v) is 18.3. The Morgan fingerprint density at radius 1 is 1.17 bits per heavy atom. The summed E-state index contributed by atoms with van der Waals surface area (Å²) in [6.45, 7) is 5.08. The van der Waals surface area contributed by atoms with E-state index in [1.807, 2.05) is 4.90 Å². The van der Waals surface area contributed by atoms with Crippen LogP contribution in [-0.2, 0) is 27.2 Å². The second-order valence-corrected chi connectivity index (χ2v) is 10.2. The fourth-order valence-corrected chi connectivity index (χ4v) is 6.98. The zero-order valence-electron chi connectivity index (χ0n) is 18.3. The number of rotatable bonds is 4. The monoisotopic (exact) mass is 409 g/mol. The summed E-state index contributed by atoms with van der Waals surface area (Å²) in [5.41, 5.74) is 4.42. The number of carbonyl (C=O) groups is 2. The van der Waals surface area contributed by atoms with Gasteiger partial charge in [-0.25, -0.2) is 0 Å². The largest absolute Gasteiger partial charge is 0.378 e. The second kappa shape index (κ2) is 8.11. The van der Waals surface area contributed by atoms with Crippen LogP contribution in [0.2, 0.25) is 0 Å². The van der Waals surface area contributed by atoms with Gasteiger partial charge in [0.15, 0.2) is 0 Å². The first kappa shape index (κ1) is 20.2. The number of hydrogen-bond acceptors (Lipinski definition) is 3. The topological polar surface area (TPSA) is 46.6 Å². The van der Waals surface area contributed by atoms with Gasteiger partial charge >= 0.3 is 0 Å². The Morgan fingerprint density at radius 2 is 2.00 bits per heavy atom. The van der Waals surface area contributed by atoms with Gasteiger partial charge in [-0.2, -0.15) is 0 Å². The van der Waals surface area contributed by atoms with Crippen LogP contribution in [0.4, 0.5) is 0 Å². The Bertz CT molecular complexity index is 828. The van der Waals surface area contributed by atoms with Crippen molar-refractivity contribution in [3.05, 3.63) is 34.9 Å². The summed E-state index contributed by atoms with van der Waals surface area (Å²) < 4.78 is 5.34. The van der Waals surface area contributed by atoms with Crippen molar-refractivity contribution in [3.63, 3.8) is 0 Å². The Morgan fingerprint density at radius 3 is 2.83 bits per heavy atom. The highest BCUT2D eigenvalue weighted by molar-refractivity contribution is 5.87. The number of ether oxygens (including phenoxy) is 1. The van der Waals surface area contributed by atoms with E-state index in [1.54, 1.807) is 5.56 Å². The van der Waals surface area contributed by atoms with Crippen LogP contribution < -0.4 is 0 Å². The lowest BCUT2D eigenvalue weighted by Gasteiger charge is -2.48. The van der Waals surface area contributed by atoms with Gasteiger partial charge in [-0.3, -0.25) is 9.59 Å². The van der Waals surface area contributed by atoms with E-state index in [0.29, 0.717) is 43.2 Å². The number of benzene rings is 1. The molecule has 0 unspecified atom stereocenters. The van der Waals surface area contributed by atoms with Gasteiger partial charge in [-0.05, 0) is 79.4 Å². The summed E-state index contributed by atoms with van der Waals surface area (Å²) in [4.78, 5) is 26.8. The SMILES string of the molecule is C[C@]12CC[C@@H]3c4ccc(CCCC(=O)N5CCOCC5)cc4CC[C@H]3[C@@H]1CCC2=O. The van der Waals surface area contributed by atoms with Crippen molar-refractivity contribution in [1.82, 2.24) is 4.90 Å². The molecule has 1 aliphatic heterocycles. The molecule has 30 heavy (non-hydrogen) atoms. The number of Topliss-reactive ketones (excluding diaryl/α,β-unsaturated/α-hetero) is 1. The summed E-state index contributed by atoms with van der Waals surface area (Å²) in [6.07, 6.45) is 9.08. The van der Waals surface area contributed by atoms with E-state index in [4.69, 9.17) is 4.74 Å². The summed E-state index contributed by atoms with van der Waals surface area (Å²) in [6, 6.07) is 7.09. The molecule has 1 aromatic carbocycles. The minimum Gasteiger partial charge on any atom is -0.378 e. The van der Waals surface area contributed by atoms with E-state index in [0.717, 1.165) is 51.6 Å². The number of carbonyl (C=O) groups excluding carboxylic acids is 2. The third kappa shape index (κ3) is 3.51. The van der Waals surface area contributed by atoms with Crippen molar-refractivity contribution in [2.45, 2.75) is 70.6 Å². The van der Waals surface area contributed by atoms with Crippen molar-refractivity contribution < 1.29 is 14.3 Å². The van der Waals surface area contributed by atoms with E-state index >= 15 is 0 Å². The molecule has 0 radical (unpaired) electrons. The molecule has 1 amide bonds. The first-order valence-electron chi connectivity index (χ1n) is 12.1. The van der Waals surface area contributed by atoms with Crippen molar-refractivity contribution >= 4 is 11.7 Å². The van der Waals surface area contributed by atoms with Gasteiger partial charge in [0.1, 0.15) is 5.78 Å². The molecular weight excluding hydrogens is 374 g/mol. The van der Waals surface area contributed by atoms with Crippen LogP contribution in [0.5, 0.6) is 0 Å². The van der Waals surface area contributed by atoms with E-state index in [-0.39, 0.29) is 11.3 Å². The fourth-order valence-electron chi connectivity index (χ4n) is 6.98. The number of amides is 1. The lowest BCUT2D eigenvalue weighted by atomic mass is 9.55. The molecule has 1 saturated heterocycles. The van der Waals surface area contributed by atoms with Crippen LogP contribution in [0.1, 0.15) is 74.5 Å². The summed E-state index contributed by atoms with van der Waals surface area (Å²) in [5, 5.41) is 0. The highest BCUT2D eigenvalue weighted by Crippen LogP contribution is 2.59. The normalized spacial score (nSPS) is 33.0. The summed E-state index contributed by atoms with van der Waals surface area (Å²) >= 11 is 0. The fraction of sp³-hybridized carbons (Fsp3) is 0.692. The standard InChI is InChI=1S/C26H35NO3/c1-26-12-11-21-20-7-5-18(3-2-4-25(29)27-13-15-30-16-14-27)17-19(20)6-8-22(21)23(26)9-10-24(26)28/h5,7,17,21-23H,2-4,6,8-16H2,1H3/t21-,22-,23+,26+/m1/s1. The van der Waals surface area contributed by atoms with Gasteiger partial charge in [0.25, 0.3) is 0 Å². The maximum atomic E-state index is 12.5. The number of hydrogen-bond donors (Lipinski definition) is 0. The molecule has 5 rings (SSSR count). The molecule has 2 saturated carbocycles. The maximum absolute atomic E-state index is 12.5. The molecular formula is C26H35NO3. The van der Waals surface area contributed by atoms with Crippen molar-refractivity contribution in [2.24, 2.45) is 17.3 Å². The smallest absolute Gasteiger partial charge is 0.222 e. The van der Waals surface area contributed by atoms with Crippen LogP contribution in [0, 0.1) is 17.3 Å². The van der Waals surface area contributed by atoms with Crippen LogP contribution in [0.3, 0.4) is 0 Å². The van der Waals surface area contributed by atoms with Crippen LogP contribution >= 0.6 is 0 Å². The third-order valence-electron chi connectivity index (χ3n) is 8.72. The average molecular weight is 410 g/mol. The summed E-state index contributed by atoms with van der Waals surface area (Å²) in [7, 11) is 0. The minimum absolute atomic E-state index is 0.0361. The highest BCUT2D eigenvalue weighted by atomic mass is 16.5. The molecule has 4 aliphatic rings. The molecule has 162 valence electrons. The quantitative estimate of drug-likeness (QED) is 0.745. The van der Waals surface area contributed by atoms with Crippen LogP contribution in [0.15, 0.2) is 18.2 Å². The predicted molar refractivity (Wildman–Crippen MR) is 116 cm³/mol. The zero-order chi connectivity index (χ0) is 20.7. The number of ketones is 1. The average Bonchev–Trinajstić information content (AvgIpc) is 3.08. The Labute approximate surface area is 180 Å². The van der Waals surface area contributed by atoms with Crippen molar-refractivity contribution in [1.29, 1.82) is 0 Å². The molecule has 0 spiro atoms. The minimum atomic E-state index is -0.0361. The van der Waals surface area contributed by atoms with Gasteiger partial charge in [-0.1, -0.05) is 25.1 Å². The Kier molecular flexibility index (Phi) is 5.47. The molecule has 0 N–H and O–H groups in total. The Balaban J connectivity index is 1.22. The first-order valence-corrected chi connectivity index (χ1v) is 12.1. The number of aryl methyl sites for hydroxylation is 2. The molecule has 1 heterocycles. The van der Waals surface area contributed by atoms with E-state index in [9.17, 15) is 9.59 Å². The highest BCUT2D eigenvalue weighted by Gasteiger charge is 2.54. The lowest BCUT2D eigenvalue weighted by Crippen LogP contribution is -2.42. The molecule has 3 fully saturated rings. The van der Waals surface area contributed by atoms with Gasteiger partial charge in [0, 0.05) is 31.3 Å². The molecule has 1 aromatic rings. The second-order valence-electron chi connectivity index (χ2n) is 10.2.